The number of aryl methyl sites for hydroxylation is 1. The van der Waals surface area contributed by atoms with E-state index in [4.69, 9.17) is 14.5 Å². The Hall–Kier alpha value is -3.93. The van der Waals surface area contributed by atoms with Crippen LogP contribution in [0.4, 0.5) is 10.6 Å². The van der Waals surface area contributed by atoms with Crippen LogP contribution in [0.15, 0.2) is 48.9 Å². The molecule has 3 heterocycles. The van der Waals surface area contributed by atoms with Gasteiger partial charge in [0.05, 0.1) is 30.4 Å². The van der Waals surface area contributed by atoms with Crippen LogP contribution in [-0.2, 0) is 30.3 Å². The summed E-state index contributed by atoms with van der Waals surface area (Å²) in [6.07, 6.45) is 14.7. The second kappa shape index (κ2) is 15.0. The minimum absolute atomic E-state index is 0.0184. The summed E-state index contributed by atoms with van der Waals surface area (Å²) < 4.78 is 36.9. The van der Waals surface area contributed by atoms with E-state index >= 15 is 0 Å². The van der Waals surface area contributed by atoms with E-state index in [0.29, 0.717) is 50.9 Å². The number of rotatable bonds is 9. The number of pyridine rings is 1. The Kier molecular flexibility index (Phi) is 10.6. The number of methoxy groups -OCH3 is 1. The van der Waals surface area contributed by atoms with Gasteiger partial charge in [-0.15, -0.1) is 0 Å². The van der Waals surface area contributed by atoms with Gasteiger partial charge in [0.2, 0.25) is 5.91 Å². The van der Waals surface area contributed by atoms with Crippen molar-refractivity contribution < 1.29 is 27.5 Å². The average molecular weight is 760 g/mol. The molecule has 12 heteroatoms. The molecule has 5 aliphatic rings. The highest BCUT2D eigenvalue weighted by molar-refractivity contribution is 7.91. The van der Waals surface area contributed by atoms with Crippen molar-refractivity contribution >= 4 is 27.7 Å². The Morgan fingerprint density at radius 2 is 1.63 bits per heavy atom. The Morgan fingerprint density at radius 3 is 2.24 bits per heavy atom. The Balaban J connectivity index is 1.06. The summed E-state index contributed by atoms with van der Waals surface area (Å²) in [7, 11) is -1.29. The van der Waals surface area contributed by atoms with Crippen LogP contribution < -0.4 is 15.0 Å². The number of carbonyl (C=O) groups is 2. The van der Waals surface area contributed by atoms with Crippen molar-refractivity contribution in [3.63, 3.8) is 0 Å². The van der Waals surface area contributed by atoms with E-state index in [2.05, 4.69) is 62.5 Å². The third kappa shape index (κ3) is 8.19. The number of alkyl carbamates (subject to hydrolysis) is 1. The molecule has 11 nitrogen and oxygen atoms in total. The first kappa shape index (κ1) is 38.3. The van der Waals surface area contributed by atoms with Gasteiger partial charge in [0, 0.05) is 36.5 Å². The van der Waals surface area contributed by atoms with Crippen LogP contribution in [-0.4, -0.2) is 72.5 Å². The standard InChI is InChI=1S/C42H57N5O6S/c1-29-24-33(8-11-36(29)52-5)42-18-15-41(16-19-42,17-20-42)28-46(37-25-31(12-21-43-37)32-26-44-47(27-32)40(2,3)4)38(48)30-6-9-35(10-7-30)53-39(49)45-34-13-22-54(50,51)23-14-34/h8,11-12,21,24-27,30,34-35H,6-7,9-10,13-20,22-23,28H2,1-5H3,(H,45,49)/t30-,35-,41?,42?. The molecule has 4 saturated carbocycles. The van der Waals surface area contributed by atoms with Gasteiger partial charge in [-0.3, -0.25) is 14.4 Å². The molecule has 2 amide bonds. The molecule has 292 valence electrons. The van der Waals surface area contributed by atoms with Crippen LogP contribution in [0.1, 0.15) is 109 Å². The maximum atomic E-state index is 14.7. The van der Waals surface area contributed by atoms with Crippen molar-refractivity contribution in [3.8, 4) is 16.9 Å². The van der Waals surface area contributed by atoms with Gasteiger partial charge in [-0.05, 0) is 150 Å². The fraction of sp³-hybridized carbons (Fsp3) is 0.619. The number of hydrogen-bond acceptors (Lipinski definition) is 8. The summed E-state index contributed by atoms with van der Waals surface area (Å²) in [5.41, 5.74) is 4.57. The van der Waals surface area contributed by atoms with Crippen LogP contribution in [0.5, 0.6) is 5.75 Å². The molecular formula is C42H57N5O6S. The Labute approximate surface area is 320 Å². The van der Waals surface area contributed by atoms with Crippen LogP contribution in [0, 0.1) is 18.3 Å². The summed E-state index contributed by atoms with van der Waals surface area (Å²) in [6.45, 7) is 9.13. The van der Waals surface area contributed by atoms with Gasteiger partial charge in [0.25, 0.3) is 0 Å². The number of amides is 2. The van der Waals surface area contributed by atoms with Crippen molar-refractivity contribution in [2.45, 2.75) is 128 Å². The van der Waals surface area contributed by atoms with Gasteiger partial charge in [0.1, 0.15) is 27.5 Å². The Morgan fingerprint density at radius 1 is 0.944 bits per heavy atom. The maximum absolute atomic E-state index is 14.7. The first-order chi connectivity index (χ1) is 25.7. The maximum Gasteiger partial charge on any atom is 0.407 e. The van der Waals surface area contributed by atoms with Crippen molar-refractivity contribution in [3.05, 3.63) is 60.0 Å². The highest BCUT2D eigenvalue weighted by atomic mass is 32.2. The number of sulfone groups is 1. The number of benzene rings is 1. The van der Waals surface area contributed by atoms with E-state index in [1.54, 1.807) is 13.3 Å². The number of nitrogens with zero attached hydrogens (tertiary/aromatic N) is 4. The van der Waals surface area contributed by atoms with E-state index < -0.39 is 15.9 Å². The molecule has 8 rings (SSSR count). The molecule has 0 spiro atoms. The minimum atomic E-state index is -3.01. The van der Waals surface area contributed by atoms with Crippen LogP contribution in [0.3, 0.4) is 0 Å². The van der Waals surface area contributed by atoms with E-state index in [0.717, 1.165) is 55.4 Å². The predicted molar refractivity (Wildman–Crippen MR) is 209 cm³/mol. The fourth-order valence-electron chi connectivity index (χ4n) is 9.37. The lowest BCUT2D eigenvalue weighted by atomic mass is 9.51. The molecule has 2 bridgehead atoms. The van der Waals surface area contributed by atoms with E-state index in [1.165, 1.54) is 11.1 Å². The zero-order valence-electron chi connectivity index (χ0n) is 32.6. The van der Waals surface area contributed by atoms with Gasteiger partial charge in [0.15, 0.2) is 0 Å². The second-order valence-electron chi connectivity index (χ2n) is 17.6. The summed E-state index contributed by atoms with van der Waals surface area (Å²) in [5.74, 6) is 1.67. The number of hydrogen-bond donors (Lipinski definition) is 1. The molecule has 1 saturated heterocycles. The van der Waals surface area contributed by atoms with Crippen molar-refractivity contribution in [1.29, 1.82) is 0 Å². The third-order valence-electron chi connectivity index (χ3n) is 13.0. The van der Waals surface area contributed by atoms with E-state index in [-0.39, 0.29) is 51.8 Å². The summed E-state index contributed by atoms with van der Waals surface area (Å²) >= 11 is 0. The molecule has 54 heavy (non-hydrogen) atoms. The summed E-state index contributed by atoms with van der Waals surface area (Å²) in [4.78, 5) is 34.3. The SMILES string of the molecule is COc1ccc(C23CCC(CN(c4cc(-c5cnn(C(C)(C)C)c5)ccn4)C(=O)[C@H]4CC[C@H](OC(=O)NC5CCS(=O)(=O)CC5)CC4)(CC2)CC3)cc1C. The molecule has 1 N–H and O–H groups in total. The molecule has 1 aliphatic heterocycles. The average Bonchev–Trinajstić information content (AvgIpc) is 3.68. The van der Waals surface area contributed by atoms with E-state index in [9.17, 15) is 18.0 Å². The van der Waals surface area contributed by atoms with Crippen molar-refractivity contribution in [2.75, 3.05) is 30.1 Å². The molecule has 0 unspecified atom stereocenters. The third-order valence-corrected chi connectivity index (χ3v) is 14.7. The number of fused-ring (bicyclic) bond motifs is 3. The predicted octanol–water partition coefficient (Wildman–Crippen LogP) is 7.50. The van der Waals surface area contributed by atoms with Gasteiger partial charge in [-0.2, -0.15) is 5.10 Å². The highest BCUT2D eigenvalue weighted by Gasteiger charge is 2.51. The Bertz CT molecular complexity index is 1920. The zero-order chi connectivity index (χ0) is 38.3. The summed E-state index contributed by atoms with van der Waals surface area (Å²) in [5, 5.41) is 7.49. The molecule has 0 atom stereocenters. The smallest absolute Gasteiger partial charge is 0.407 e. The molecule has 4 aliphatic carbocycles. The number of nitrogens with one attached hydrogen (secondary N) is 1. The lowest BCUT2D eigenvalue weighted by Crippen LogP contribution is -2.52. The molecular weight excluding hydrogens is 703 g/mol. The van der Waals surface area contributed by atoms with E-state index in [1.807, 2.05) is 27.9 Å². The molecule has 0 radical (unpaired) electrons. The van der Waals surface area contributed by atoms with Gasteiger partial charge < -0.3 is 14.8 Å². The molecule has 3 aromatic rings. The number of carbonyl (C=O) groups excluding carboxylic acids is 2. The number of aromatic nitrogens is 3. The fourth-order valence-corrected chi connectivity index (χ4v) is 10.9. The topological polar surface area (TPSA) is 133 Å². The monoisotopic (exact) mass is 759 g/mol. The van der Waals surface area contributed by atoms with Crippen LogP contribution >= 0.6 is 0 Å². The quantitative estimate of drug-likeness (QED) is 0.237. The first-order valence-electron chi connectivity index (χ1n) is 19.8. The summed E-state index contributed by atoms with van der Waals surface area (Å²) in [6, 6.07) is 10.5. The number of ether oxygens (including phenoxy) is 2. The second-order valence-corrected chi connectivity index (χ2v) is 19.9. The molecule has 5 fully saturated rings. The highest BCUT2D eigenvalue weighted by Crippen LogP contribution is 2.58. The largest absolute Gasteiger partial charge is 0.496 e. The molecule has 1 aromatic carbocycles. The van der Waals surface area contributed by atoms with Gasteiger partial charge in [-0.25, -0.2) is 18.2 Å². The van der Waals surface area contributed by atoms with Gasteiger partial charge >= 0.3 is 6.09 Å². The van der Waals surface area contributed by atoms with Crippen molar-refractivity contribution in [1.82, 2.24) is 20.1 Å². The van der Waals surface area contributed by atoms with Crippen LogP contribution in [0.2, 0.25) is 0 Å². The minimum Gasteiger partial charge on any atom is -0.496 e. The lowest BCUT2D eigenvalue weighted by molar-refractivity contribution is -0.124. The van der Waals surface area contributed by atoms with Gasteiger partial charge in [-0.1, -0.05) is 12.1 Å². The lowest BCUT2D eigenvalue weighted by Gasteiger charge is -2.55. The number of anilines is 1. The molecule has 2 aromatic heterocycles. The van der Waals surface area contributed by atoms with Crippen molar-refractivity contribution in [2.24, 2.45) is 11.3 Å². The van der Waals surface area contributed by atoms with Crippen LogP contribution in [0.25, 0.3) is 11.1 Å². The zero-order valence-corrected chi connectivity index (χ0v) is 33.4. The normalized spacial score (nSPS) is 26.9. The first-order valence-corrected chi connectivity index (χ1v) is 21.6.